The summed E-state index contributed by atoms with van der Waals surface area (Å²) >= 11 is 0. The van der Waals surface area contributed by atoms with Gasteiger partial charge in [0, 0.05) is 63.6 Å². The number of benzene rings is 3. The second kappa shape index (κ2) is 11.1. The van der Waals surface area contributed by atoms with E-state index in [1.165, 1.54) is 11.1 Å². The van der Waals surface area contributed by atoms with E-state index in [-0.39, 0.29) is 11.3 Å². The molecule has 0 spiro atoms. The second-order valence-corrected chi connectivity index (χ2v) is 11.5. The van der Waals surface area contributed by atoms with Crippen molar-refractivity contribution in [1.82, 2.24) is 14.8 Å². The molecule has 3 aromatic carbocycles. The smallest absolute Gasteiger partial charge is 0.276 e. The van der Waals surface area contributed by atoms with Crippen LogP contribution < -0.4 is 4.90 Å². The summed E-state index contributed by atoms with van der Waals surface area (Å²) in [5, 5.41) is 0. The molecule has 6 heteroatoms. The number of anilines is 1. The molecule has 1 saturated heterocycles. The fourth-order valence-corrected chi connectivity index (χ4v) is 4.91. The van der Waals surface area contributed by atoms with E-state index >= 15 is 0 Å². The largest absolute Gasteiger partial charge is 0.435 e. The van der Waals surface area contributed by atoms with Gasteiger partial charge in [0.05, 0.1) is 0 Å². The van der Waals surface area contributed by atoms with Crippen LogP contribution in [0.4, 0.5) is 5.69 Å². The number of hydrogen-bond donors (Lipinski definition) is 0. The number of amides is 1. The zero-order valence-corrected chi connectivity index (χ0v) is 23.6. The summed E-state index contributed by atoms with van der Waals surface area (Å²) in [5.74, 6) is 0.905. The Kier molecular flexibility index (Phi) is 7.58. The Balaban J connectivity index is 1.41. The molecular weight excluding hydrogens is 484 g/mol. The van der Waals surface area contributed by atoms with E-state index in [0.29, 0.717) is 30.4 Å². The molecule has 0 radical (unpaired) electrons. The van der Waals surface area contributed by atoms with Gasteiger partial charge in [0.2, 0.25) is 5.89 Å². The topological polar surface area (TPSA) is 52.8 Å². The van der Waals surface area contributed by atoms with Gasteiger partial charge in [-0.25, -0.2) is 4.98 Å². The Hall–Kier alpha value is -3.90. The van der Waals surface area contributed by atoms with Crippen molar-refractivity contribution in [3.8, 4) is 22.8 Å². The van der Waals surface area contributed by atoms with E-state index in [4.69, 9.17) is 9.40 Å². The zero-order valence-electron chi connectivity index (χ0n) is 23.6. The van der Waals surface area contributed by atoms with Gasteiger partial charge in [-0.2, -0.15) is 0 Å². The SMILES string of the molecule is CN(C)c1ccc(-c2oc(-c3ccc(C(C)(C)C)cc3)nc2C(=O)N2CCN(Cc3ccccc3)CC2)cc1. The molecule has 2 heterocycles. The molecule has 6 nitrogen and oxygen atoms in total. The van der Waals surface area contributed by atoms with E-state index in [2.05, 4.69) is 62.1 Å². The minimum absolute atomic E-state index is 0.0538. The van der Waals surface area contributed by atoms with Crippen LogP contribution in [0.25, 0.3) is 22.8 Å². The molecule has 1 aliphatic rings. The quantitative estimate of drug-likeness (QED) is 0.296. The van der Waals surface area contributed by atoms with Crippen molar-refractivity contribution < 1.29 is 9.21 Å². The normalized spacial score (nSPS) is 14.4. The molecule has 0 bridgehead atoms. The van der Waals surface area contributed by atoms with E-state index in [9.17, 15) is 4.79 Å². The number of aromatic nitrogens is 1. The van der Waals surface area contributed by atoms with Crippen LogP contribution in [0.1, 0.15) is 42.4 Å². The molecule has 1 amide bonds. The van der Waals surface area contributed by atoms with Gasteiger partial charge >= 0.3 is 0 Å². The number of carbonyl (C=O) groups is 1. The Bertz CT molecular complexity index is 1390. The van der Waals surface area contributed by atoms with Crippen molar-refractivity contribution in [2.24, 2.45) is 0 Å². The van der Waals surface area contributed by atoms with Gasteiger partial charge < -0.3 is 14.2 Å². The molecule has 1 aromatic heterocycles. The fraction of sp³-hybridized carbons (Fsp3) is 0.333. The minimum atomic E-state index is -0.0811. The Morgan fingerprint density at radius 1 is 0.846 bits per heavy atom. The highest BCUT2D eigenvalue weighted by molar-refractivity contribution is 5.98. The van der Waals surface area contributed by atoms with E-state index in [0.717, 1.165) is 36.4 Å². The first kappa shape index (κ1) is 26.7. The number of rotatable bonds is 6. The summed E-state index contributed by atoms with van der Waals surface area (Å²) in [5.41, 5.74) is 5.75. The predicted molar refractivity (Wildman–Crippen MR) is 158 cm³/mol. The van der Waals surface area contributed by atoms with Gasteiger partial charge in [-0.15, -0.1) is 0 Å². The predicted octanol–water partition coefficient (Wildman–Crippen LogP) is 6.33. The van der Waals surface area contributed by atoms with Crippen molar-refractivity contribution in [3.05, 3.63) is 95.7 Å². The number of hydrogen-bond acceptors (Lipinski definition) is 5. The fourth-order valence-electron chi connectivity index (χ4n) is 4.91. The number of piperazine rings is 1. The Morgan fingerprint density at radius 2 is 1.46 bits per heavy atom. The highest BCUT2D eigenvalue weighted by Gasteiger charge is 2.29. The highest BCUT2D eigenvalue weighted by atomic mass is 16.4. The van der Waals surface area contributed by atoms with Gasteiger partial charge in [-0.05, 0) is 52.9 Å². The van der Waals surface area contributed by atoms with Gasteiger partial charge in [-0.1, -0.05) is 63.2 Å². The molecule has 0 unspecified atom stereocenters. The number of oxazole rings is 1. The van der Waals surface area contributed by atoms with Crippen molar-refractivity contribution in [1.29, 1.82) is 0 Å². The summed E-state index contributed by atoms with van der Waals surface area (Å²) in [6, 6.07) is 26.8. The second-order valence-electron chi connectivity index (χ2n) is 11.5. The van der Waals surface area contributed by atoms with Crippen molar-refractivity contribution >= 4 is 11.6 Å². The third-order valence-corrected chi connectivity index (χ3v) is 7.38. The molecule has 1 fully saturated rings. The summed E-state index contributed by atoms with van der Waals surface area (Å²) in [4.78, 5) is 25.0. The lowest BCUT2D eigenvalue weighted by molar-refractivity contribution is 0.0623. The van der Waals surface area contributed by atoms with Gasteiger partial charge in [0.25, 0.3) is 5.91 Å². The lowest BCUT2D eigenvalue weighted by atomic mass is 9.87. The third-order valence-electron chi connectivity index (χ3n) is 7.38. The molecule has 0 saturated carbocycles. The molecule has 0 atom stereocenters. The zero-order chi connectivity index (χ0) is 27.6. The molecule has 202 valence electrons. The maximum atomic E-state index is 13.8. The Morgan fingerprint density at radius 3 is 2.05 bits per heavy atom. The van der Waals surface area contributed by atoms with E-state index < -0.39 is 0 Å². The van der Waals surface area contributed by atoms with Gasteiger partial charge in [0.15, 0.2) is 11.5 Å². The summed E-state index contributed by atoms with van der Waals surface area (Å²) in [6.45, 7) is 10.4. The van der Waals surface area contributed by atoms with Gasteiger partial charge in [-0.3, -0.25) is 9.69 Å². The average molecular weight is 523 g/mol. The molecule has 5 rings (SSSR count). The molecule has 39 heavy (non-hydrogen) atoms. The summed E-state index contributed by atoms with van der Waals surface area (Å²) < 4.78 is 6.34. The van der Waals surface area contributed by atoms with Crippen molar-refractivity contribution in [2.75, 3.05) is 45.2 Å². The van der Waals surface area contributed by atoms with Gasteiger partial charge in [0.1, 0.15) is 0 Å². The van der Waals surface area contributed by atoms with Crippen LogP contribution in [0.3, 0.4) is 0 Å². The molecule has 0 N–H and O–H groups in total. The molecule has 0 aliphatic carbocycles. The van der Waals surface area contributed by atoms with Crippen LogP contribution in [0.15, 0.2) is 83.3 Å². The van der Waals surface area contributed by atoms with Crippen LogP contribution in [0.5, 0.6) is 0 Å². The number of nitrogens with zero attached hydrogens (tertiary/aromatic N) is 4. The minimum Gasteiger partial charge on any atom is -0.435 e. The van der Waals surface area contributed by atoms with E-state index in [1.54, 1.807) is 0 Å². The monoisotopic (exact) mass is 522 g/mol. The number of carbonyl (C=O) groups excluding carboxylic acids is 1. The van der Waals surface area contributed by atoms with Crippen LogP contribution in [-0.4, -0.2) is 61.0 Å². The standard InChI is InChI=1S/C33H38N4O2/c1-33(2,3)27-15-11-26(12-16-27)31-34-29(30(39-31)25-13-17-28(18-14-25)35(4)5)32(38)37-21-19-36(20-22-37)23-24-9-7-6-8-10-24/h6-18H,19-23H2,1-5H3. The summed E-state index contributed by atoms with van der Waals surface area (Å²) in [6.07, 6.45) is 0. The summed E-state index contributed by atoms with van der Waals surface area (Å²) in [7, 11) is 4.02. The lowest BCUT2D eigenvalue weighted by Gasteiger charge is -2.34. The first-order chi connectivity index (χ1) is 18.7. The van der Waals surface area contributed by atoms with Crippen molar-refractivity contribution in [3.63, 3.8) is 0 Å². The third kappa shape index (κ3) is 6.07. The highest BCUT2D eigenvalue weighted by Crippen LogP contribution is 2.33. The maximum absolute atomic E-state index is 13.8. The maximum Gasteiger partial charge on any atom is 0.276 e. The average Bonchev–Trinajstić information content (AvgIpc) is 3.39. The molecule has 4 aromatic rings. The van der Waals surface area contributed by atoms with Crippen LogP contribution in [0, 0.1) is 0 Å². The van der Waals surface area contributed by atoms with Crippen LogP contribution in [-0.2, 0) is 12.0 Å². The Labute approximate surface area is 231 Å². The van der Waals surface area contributed by atoms with Crippen molar-refractivity contribution in [2.45, 2.75) is 32.7 Å². The first-order valence-corrected chi connectivity index (χ1v) is 13.6. The lowest BCUT2D eigenvalue weighted by Crippen LogP contribution is -2.48. The first-order valence-electron chi connectivity index (χ1n) is 13.6. The van der Waals surface area contributed by atoms with E-state index in [1.807, 2.05) is 66.4 Å². The molecule has 1 aliphatic heterocycles. The van der Waals surface area contributed by atoms with Crippen LogP contribution in [0.2, 0.25) is 0 Å². The van der Waals surface area contributed by atoms with Crippen LogP contribution >= 0.6 is 0 Å². The molecular formula is C33H38N4O2.